The van der Waals surface area contributed by atoms with Crippen molar-refractivity contribution in [2.24, 2.45) is 0 Å². The first-order chi connectivity index (χ1) is 4.93. The summed E-state index contributed by atoms with van der Waals surface area (Å²) in [7, 11) is 0. The van der Waals surface area contributed by atoms with Crippen LogP contribution in [0, 0.1) is 11.3 Å². The number of rotatable bonds is 0. The number of hydrogen-bond donors (Lipinski definition) is 0. The van der Waals surface area contributed by atoms with Crippen LogP contribution >= 0.6 is 0 Å². The van der Waals surface area contributed by atoms with Gasteiger partial charge in [0.15, 0.2) is 0 Å². The van der Waals surface area contributed by atoms with Crippen molar-refractivity contribution >= 4 is 0 Å². The minimum absolute atomic E-state index is 0.643. The highest BCUT2D eigenvalue weighted by atomic mass is 16.5. The molecule has 0 amide bonds. The van der Waals surface area contributed by atoms with Crippen molar-refractivity contribution in [1.29, 1.82) is 5.26 Å². The first-order valence-electron chi connectivity index (χ1n) is 3.01. The van der Waals surface area contributed by atoms with E-state index in [4.69, 9.17) is 10.00 Å². The molecule has 1 heterocycles. The third-order valence-corrected chi connectivity index (χ3v) is 1.10. The number of nitrogens with zero attached hydrogens (tertiary/aromatic N) is 1. The minimum Gasteiger partial charge on any atom is -0.473 e. The maximum absolute atomic E-state index is 8.46. The monoisotopic (exact) mass is 133 g/mol. The highest BCUT2D eigenvalue weighted by Gasteiger charge is 1.88. The molecule has 1 aliphatic rings. The third kappa shape index (κ3) is 1.79. The van der Waals surface area contributed by atoms with Gasteiger partial charge in [-0.15, -0.1) is 0 Å². The normalized spacial score (nSPS) is 16.1. The summed E-state index contributed by atoms with van der Waals surface area (Å²) in [6.45, 7) is 0. The Kier molecular flexibility index (Phi) is 2.33. The molecule has 0 aliphatic carbocycles. The van der Waals surface area contributed by atoms with Gasteiger partial charge >= 0.3 is 0 Å². The maximum atomic E-state index is 8.46. The van der Waals surface area contributed by atoms with Crippen LogP contribution in [0.3, 0.4) is 0 Å². The Morgan fingerprint density at radius 1 is 1.50 bits per heavy atom. The van der Waals surface area contributed by atoms with Crippen molar-refractivity contribution in [1.82, 2.24) is 0 Å². The summed E-state index contributed by atoms with van der Waals surface area (Å²) in [5.74, 6) is 0. The van der Waals surface area contributed by atoms with Crippen LogP contribution in [0.5, 0.6) is 0 Å². The molecule has 2 nitrogen and oxygen atoms in total. The lowest BCUT2D eigenvalue weighted by atomic mass is 10.2. The summed E-state index contributed by atoms with van der Waals surface area (Å²) in [4.78, 5) is 0. The number of hydrogen-bond acceptors (Lipinski definition) is 2. The van der Waals surface area contributed by atoms with E-state index in [0.29, 0.717) is 5.57 Å². The van der Waals surface area contributed by atoms with Crippen LogP contribution in [0.4, 0.5) is 0 Å². The SMILES string of the molecule is N#CC1=CCC=COC=C1. The van der Waals surface area contributed by atoms with E-state index in [1.807, 2.05) is 18.2 Å². The van der Waals surface area contributed by atoms with Gasteiger partial charge in [0.1, 0.15) is 0 Å². The Morgan fingerprint density at radius 3 is 3.20 bits per heavy atom. The zero-order chi connectivity index (χ0) is 7.23. The summed E-state index contributed by atoms with van der Waals surface area (Å²) in [5, 5.41) is 8.46. The Balaban J connectivity index is 2.74. The largest absolute Gasteiger partial charge is 0.473 e. The average molecular weight is 133 g/mol. The number of ether oxygens (including phenoxy) is 1. The van der Waals surface area contributed by atoms with Crippen LogP contribution < -0.4 is 0 Å². The van der Waals surface area contributed by atoms with Crippen molar-refractivity contribution in [2.45, 2.75) is 6.42 Å². The standard InChI is InChI=1S/C8H7NO/c9-7-8-3-1-2-5-10-6-4-8/h2-6H,1H2. The second-order valence-corrected chi connectivity index (χ2v) is 1.82. The molecule has 0 unspecified atom stereocenters. The number of allylic oxidation sites excluding steroid dienone is 4. The van der Waals surface area contributed by atoms with E-state index in [0.717, 1.165) is 6.42 Å². The molecule has 0 radical (unpaired) electrons. The van der Waals surface area contributed by atoms with E-state index in [1.165, 1.54) is 6.26 Å². The molecule has 0 spiro atoms. The highest BCUT2D eigenvalue weighted by molar-refractivity contribution is 5.32. The highest BCUT2D eigenvalue weighted by Crippen LogP contribution is 2.01. The third-order valence-electron chi connectivity index (χ3n) is 1.10. The van der Waals surface area contributed by atoms with Crippen LogP contribution in [-0.4, -0.2) is 0 Å². The van der Waals surface area contributed by atoms with E-state index in [-0.39, 0.29) is 0 Å². The fraction of sp³-hybridized carbons (Fsp3) is 0.125. The molecule has 1 aliphatic heterocycles. The van der Waals surface area contributed by atoms with Gasteiger partial charge in [-0.3, -0.25) is 0 Å². The molecule has 50 valence electrons. The molecule has 0 aromatic heterocycles. The second-order valence-electron chi connectivity index (χ2n) is 1.82. The van der Waals surface area contributed by atoms with Crippen LogP contribution in [0.2, 0.25) is 0 Å². The zero-order valence-electron chi connectivity index (χ0n) is 5.45. The van der Waals surface area contributed by atoms with Crippen molar-refractivity contribution in [2.75, 3.05) is 0 Å². The van der Waals surface area contributed by atoms with Gasteiger partial charge in [-0.2, -0.15) is 5.26 Å². The van der Waals surface area contributed by atoms with Gasteiger partial charge in [0.25, 0.3) is 0 Å². The Hall–Kier alpha value is -1.49. The lowest BCUT2D eigenvalue weighted by Gasteiger charge is -1.93. The molecule has 0 saturated carbocycles. The first kappa shape index (κ1) is 6.63. The molecular formula is C8H7NO. The van der Waals surface area contributed by atoms with E-state index in [2.05, 4.69) is 0 Å². The Labute approximate surface area is 59.7 Å². The van der Waals surface area contributed by atoms with Gasteiger partial charge in [-0.1, -0.05) is 6.08 Å². The van der Waals surface area contributed by atoms with E-state index >= 15 is 0 Å². The zero-order valence-corrected chi connectivity index (χ0v) is 5.45. The van der Waals surface area contributed by atoms with Crippen LogP contribution in [0.25, 0.3) is 0 Å². The average Bonchev–Trinajstić information content (AvgIpc) is 1.87. The summed E-state index contributed by atoms with van der Waals surface area (Å²) in [5.41, 5.74) is 0.643. The molecule has 2 heteroatoms. The smallest absolute Gasteiger partial charge is 0.0989 e. The van der Waals surface area contributed by atoms with Crippen LogP contribution in [0.15, 0.2) is 36.3 Å². The molecule has 0 fully saturated rings. The minimum atomic E-state index is 0.643. The van der Waals surface area contributed by atoms with E-state index in [1.54, 1.807) is 12.3 Å². The summed E-state index contributed by atoms with van der Waals surface area (Å²) in [6.07, 6.45) is 9.18. The second kappa shape index (κ2) is 3.52. The first-order valence-corrected chi connectivity index (χ1v) is 3.01. The lowest BCUT2D eigenvalue weighted by Crippen LogP contribution is -1.76. The maximum Gasteiger partial charge on any atom is 0.0989 e. The van der Waals surface area contributed by atoms with Gasteiger partial charge in [-0.05, 0) is 18.6 Å². The van der Waals surface area contributed by atoms with Crippen molar-refractivity contribution in [3.63, 3.8) is 0 Å². The quantitative estimate of drug-likeness (QED) is 0.505. The molecule has 1 rings (SSSR count). The molecular weight excluding hydrogens is 126 g/mol. The van der Waals surface area contributed by atoms with E-state index in [9.17, 15) is 0 Å². The van der Waals surface area contributed by atoms with E-state index < -0.39 is 0 Å². The fourth-order valence-corrected chi connectivity index (χ4v) is 0.615. The Bertz CT molecular complexity index is 230. The predicted octanol–water partition coefficient (Wildman–Crippen LogP) is 1.88. The van der Waals surface area contributed by atoms with Crippen LogP contribution in [0.1, 0.15) is 6.42 Å². The molecule has 0 bridgehead atoms. The van der Waals surface area contributed by atoms with Crippen molar-refractivity contribution in [3.05, 3.63) is 36.3 Å². The summed E-state index contributed by atoms with van der Waals surface area (Å²) < 4.78 is 4.85. The van der Waals surface area contributed by atoms with Gasteiger partial charge in [0.2, 0.25) is 0 Å². The molecule has 10 heavy (non-hydrogen) atoms. The number of nitriles is 1. The molecule has 0 aromatic carbocycles. The molecule has 0 N–H and O–H groups in total. The molecule has 0 aromatic rings. The predicted molar refractivity (Wildman–Crippen MR) is 37.7 cm³/mol. The fourth-order valence-electron chi connectivity index (χ4n) is 0.615. The van der Waals surface area contributed by atoms with Crippen LogP contribution in [-0.2, 0) is 4.74 Å². The lowest BCUT2D eigenvalue weighted by molar-refractivity contribution is 0.400. The molecule has 0 atom stereocenters. The topological polar surface area (TPSA) is 33.0 Å². The van der Waals surface area contributed by atoms with Crippen molar-refractivity contribution < 1.29 is 4.74 Å². The van der Waals surface area contributed by atoms with Gasteiger partial charge in [-0.25, -0.2) is 0 Å². The van der Waals surface area contributed by atoms with Gasteiger partial charge < -0.3 is 4.74 Å². The van der Waals surface area contributed by atoms with Gasteiger partial charge in [0, 0.05) is 0 Å². The van der Waals surface area contributed by atoms with Gasteiger partial charge in [0.05, 0.1) is 24.2 Å². The summed E-state index contributed by atoms with van der Waals surface area (Å²) in [6, 6.07) is 2.03. The van der Waals surface area contributed by atoms with Crippen molar-refractivity contribution in [3.8, 4) is 6.07 Å². The Morgan fingerprint density at radius 2 is 2.40 bits per heavy atom. The molecule has 0 saturated heterocycles. The summed E-state index contributed by atoms with van der Waals surface area (Å²) >= 11 is 0.